The standard InChI is InChI=1S/C25H25N3O2S/c1-5-15-17(12-26)24(28-19-10-25(3,4)11-20(29)23(15)19)31-13-21(30)22-14(2)27-18-9-7-6-8-16(18)22/h6-9,27H,5,10-11,13H2,1-4H3. The fraction of sp³-hybridized carbons (Fsp3) is 0.360. The summed E-state index contributed by atoms with van der Waals surface area (Å²) >= 11 is 1.29. The second kappa shape index (κ2) is 7.97. The lowest BCUT2D eigenvalue weighted by molar-refractivity contribution is 0.0907. The molecule has 0 saturated heterocycles. The first kappa shape index (κ1) is 21.3. The number of aromatic nitrogens is 2. The van der Waals surface area contributed by atoms with E-state index in [1.807, 2.05) is 38.1 Å². The van der Waals surface area contributed by atoms with Gasteiger partial charge in [0.25, 0.3) is 0 Å². The Hall–Kier alpha value is -2.91. The Bertz CT molecular complexity index is 1260. The van der Waals surface area contributed by atoms with Crippen molar-refractivity contribution in [2.45, 2.75) is 52.0 Å². The van der Waals surface area contributed by atoms with Gasteiger partial charge in [0.15, 0.2) is 11.6 Å². The zero-order valence-corrected chi connectivity index (χ0v) is 19.1. The number of benzene rings is 1. The van der Waals surface area contributed by atoms with Gasteiger partial charge in [-0.1, -0.05) is 50.7 Å². The topological polar surface area (TPSA) is 86.6 Å². The Labute approximate surface area is 186 Å². The van der Waals surface area contributed by atoms with Gasteiger partial charge in [0, 0.05) is 34.1 Å². The molecule has 5 nitrogen and oxygen atoms in total. The van der Waals surface area contributed by atoms with Gasteiger partial charge in [-0.3, -0.25) is 9.59 Å². The van der Waals surface area contributed by atoms with Crippen LogP contribution in [0.3, 0.4) is 0 Å². The maximum Gasteiger partial charge on any atom is 0.175 e. The minimum atomic E-state index is -0.158. The van der Waals surface area contributed by atoms with Crippen LogP contribution in [-0.4, -0.2) is 27.3 Å². The summed E-state index contributed by atoms with van der Waals surface area (Å²) in [5, 5.41) is 11.3. The Kier molecular flexibility index (Phi) is 5.49. The quantitative estimate of drug-likeness (QED) is 0.430. The zero-order chi connectivity index (χ0) is 22.3. The van der Waals surface area contributed by atoms with E-state index in [1.54, 1.807) is 0 Å². The second-order valence-corrected chi connectivity index (χ2v) is 9.84. The number of fused-ring (bicyclic) bond motifs is 2. The summed E-state index contributed by atoms with van der Waals surface area (Å²) in [5.74, 6) is 0.246. The third kappa shape index (κ3) is 3.79. The lowest BCUT2D eigenvalue weighted by Gasteiger charge is -2.31. The van der Waals surface area contributed by atoms with E-state index in [9.17, 15) is 14.9 Å². The number of H-pyrrole nitrogens is 1. The number of thioether (sulfide) groups is 1. The highest BCUT2D eigenvalue weighted by Crippen LogP contribution is 2.38. The molecular weight excluding hydrogens is 406 g/mol. The number of aromatic amines is 1. The summed E-state index contributed by atoms with van der Waals surface area (Å²) in [5.41, 5.74) is 4.89. The van der Waals surface area contributed by atoms with Gasteiger partial charge in [0.2, 0.25) is 0 Å². The first-order valence-electron chi connectivity index (χ1n) is 10.5. The second-order valence-electron chi connectivity index (χ2n) is 8.88. The van der Waals surface area contributed by atoms with Crippen molar-refractivity contribution in [2.75, 3.05) is 5.75 Å². The van der Waals surface area contributed by atoms with Crippen molar-refractivity contribution in [2.24, 2.45) is 5.41 Å². The number of carbonyl (C=O) groups is 2. The summed E-state index contributed by atoms with van der Waals surface area (Å²) in [6.45, 7) is 7.99. The highest BCUT2D eigenvalue weighted by Gasteiger charge is 2.35. The smallest absolute Gasteiger partial charge is 0.175 e. The van der Waals surface area contributed by atoms with Crippen molar-refractivity contribution in [3.05, 3.63) is 57.9 Å². The highest BCUT2D eigenvalue weighted by molar-refractivity contribution is 8.00. The third-order valence-corrected chi connectivity index (χ3v) is 6.86. The number of para-hydroxylation sites is 1. The normalized spacial score (nSPS) is 15.0. The van der Waals surface area contributed by atoms with Crippen molar-refractivity contribution < 1.29 is 9.59 Å². The third-order valence-electron chi connectivity index (χ3n) is 5.88. The van der Waals surface area contributed by atoms with Crippen LogP contribution in [0, 0.1) is 23.7 Å². The molecule has 0 atom stereocenters. The number of Topliss-reactive ketones (excluding diaryl/α,β-unsaturated/α-hetero) is 2. The molecule has 6 heteroatoms. The van der Waals surface area contributed by atoms with Gasteiger partial charge in [-0.05, 0) is 36.8 Å². The lowest BCUT2D eigenvalue weighted by Crippen LogP contribution is -2.29. The van der Waals surface area contributed by atoms with Crippen molar-refractivity contribution in [1.82, 2.24) is 9.97 Å². The van der Waals surface area contributed by atoms with E-state index in [0.717, 1.165) is 27.9 Å². The predicted octanol–water partition coefficient (Wildman–Crippen LogP) is 5.44. The number of hydrogen-bond acceptors (Lipinski definition) is 5. The van der Waals surface area contributed by atoms with E-state index < -0.39 is 0 Å². The number of nitrogens with zero attached hydrogens (tertiary/aromatic N) is 2. The molecule has 1 N–H and O–H groups in total. The van der Waals surface area contributed by atoms with Crippen molar-refractivity contribution >= 4 is 34.2 Å². The number of nitriles is 1. The molecule has 0 amide bonds. The summed E-state index contributed by atoms with van der Waals surface area (Å²) in [6, 6.07) is 10.0. The monoisotopic (exact) mass is 431 g/mol. The van der Waals surface area contributed by atoms with Crippen LogP contribution in [0.5, 0.6) is 0 Å². The van der Waals surface area contributed by atoms with E-state index in [2.05, 4.69) is 24.9 Å². The van der Waals surface area contributed by atoms with Gasteiger partial charge < -0.3 is 4.98 Å². The lowest BCUT2D eigenvalue weighted by atomic mass is 9.74. The van der Waals surface area contributed by atoms with Gasteiger partial charge in [-0.2, -0.15) is 5.26 Å². The van der Waals surface area contributed by atoms with E-state index in [1.165, 1.54) is 11.8 Å². The molecule has 0 bridgehead atoms. The van der Waals surface area contributed by atoms with Crippen molar-refractivity contribution in [3.8, 4) is 6.07 Å². The molecule has 2 aromatic heterocycles. The molecule has 0 fully saturated rings. The van der Waals surface area contributed by atoms with Crippen molar-refractivity contribution in [3.63, 3.8) is 0 Å². The molecule has 1 aliphatic carbocycles. The molecule has 1 aliphatic rings. The largest absolute Gasteiger partial charge is 0.358 e. The number of pyridine rings is 1. The Morgan fingerprint density at radius 2 is 2.03 bits per heavy atom. The average Bonchev–Trinajstić information content (AvgIpc) is 3.05. The maximum absolute atomic E-state index is 13.1. The maximum atomic E-state index is 13.1. The number of carbonyl (C=O) groups excluding carboxylic acids is 2. The van der Waals surface area contributed by atoms with Crippen LogP contribution in [0.2, 0.25) is 0 Å². The fourth-order valence-electron chi connectivity index (χ4n) is 4.57. The molecule has 31 heavy (non-hydrogen) atoms. The Morgan fingerprint density at radius 3 is 2.74 bits per heavy atom. The van der Waals surface area contributed by atoms with Gasteiger partial charge in [-0.25, -0.2) is 4.98 Å². The first-order valence-corrected chi connectivity index (χ1v) is 11.5. The summed E-state index contributed by atoms with van der Waals surface area (Å²) in [6.07, 6.45) is 1.74. The Morgan fingerprint density at radius 1 is 1.29 bits per heavy atom. The van der Waals surface area contributed by atoms with E-state index in [4.69, 9.17) is 4.98 Å². The van der Waals surface area contributed by atoms with E-state index >= 15 is 0 Å². The van der Waals surface area contributed by atoms with E-state index in [-0.39, 0.29) is 22.7 Å². The molecule has 0 unspecified atom stereocenters. The minimum Gasteiger partial charge on any atom is -0.358 e. The van der Waals surface area contributed by atoms with Gasteiger partial charge in [0.1, 0.15) is 11.1 Å². The number of hydrogen-bond donors (Lipinski definition) is 1. The Balaban J connectivity index is 1.70. The number of aryl methyl sites for hydroxylation is 1. The molecular formula is C25H25N3O2S. The highest BCUT2D eigenvalue weighted by atomic mass is 32.2. The minimum absolute atomic E-state index is 0.00202. The molecule has 0 saturated carbocycles. The molecule has 158 valence electrons. The summed E-state index contributed by atoms with van der Waals surface area (Å²) < 4.78 is 0. The van der Waals surface area contributed by atoms with Crippen LogP contribution >= 0.6 is 11.8 Å². The SMILES string of the molecule is CCc1c(C#N)c(SCC(=O)c2c(C)[nH]c3ccccc23)nc2c1C(=O)CC(C)(C)C2. The van der Waals surface area contributed by atoms with Gasteiger partial charge >= 0.3 is 0 Å². The van der Waals surface area contributed by atoms with Gasteiger partial charge in [-0.15, -0.1) is 0 Å². The summed E-state index contributed by atoms with van der Waals surface area (Å²) in [4.78, 5) is 33.9. The van der Waals surface area contributed by atoms with Crippen LogP contribution in [-0.2, 0) is 12.8 Å². The number of ketones is 2. The first-order chi connectivity index (χ1) is 14.8. The average molecular weight is 432 g/mol. The summed E-state index contributed by atoms with van der Waals surface area (Å²) in [7, 11) is 0. The molecule has 0 spiro atoms. The molecule has 3 aromatic rings. The van der Waals surface area contributed by atoms with Crippen molar-refractivity contribution in [1.29, 1.82) is 5.26 Å². The van der Waals surface area contributed by atoms with E-state index in [0.29, 0.717) is 41.0 Å². The van der Waals surface area contributed by atoms with Crippen LogP contribution in [0.1, 0.15) is 70.4 Å². The van der Waals surface area contributed by atoms with Crippen LogP contribution in [0.15, 0.2) is 29.3 Å². The number of rotatable bonds is 5. The number of nitrogens with one attached hydrogen (secondary N) is 1. The molecule has 1 aromatic carbocycles. The van der Waals surface area contributed by atoms with Crippen LogP contribution < -0.4 is 0 Å². The zero-order valence-electron chi connectivity index (χ0n) is 18.3. The molecule has 0 radical (unpaired) electrons. The van der Waals surface area contributed by atoms with Crippen LogP contribution in [0.25, 0.3) is 10.9 Å². The molecule has 2 heterocycles. The fourth-order valence-corrected chi connectivity index (χ4v) is 5.47. The van der Waals surface area contributed by atoms with Gasteiger partial charge in [0.05, 0.1) is 17.0 Å². The molecule has 4 rings (SSSR count). The van der Waals surface area contributed by atoms with Crippen LogP contribution in [0.4, 0.5) is 0 Å². The molecule has 0 aliphatic heterocycles. The predicted molar refractivity (Wildman–Crippen MR) is 123 cm³/mol.